The predicted octanol–water partition coefficient (Wildman–Crippen LogP) is 2.49. The Morgan fingerprint density at radius 3 is 2.10 bits per heavy atom. The lowest BCUT2D eigenvalue weighted by Crippen LogP contribution is -2.41. The van der Waals surface area contributed by atoms with Gasteiger partial charge in [-0.1, -0.05) is 6.92 Å². The number of ether oxygens (including phenoxy) is 1. The largest absolute Gasteiger partial charge is 0.501 e. The van der Waals surface area contributed by atoms with Crippen LogP contribution in [0.2, 0.25) is 0 Å². The molecule has 1 rings (SSSR count). The molecule has 0 aliphatic rings. The average molecular weight is 311 g/mol. The van der Waals surface area contributed by atoms with E-state index in [1.165, 1.54) is 12.1 Å². The maximum Gasteiger partial charge on any atom is 0.501 e. The topological polar surface area (TPSA) is 69.4 Å². The van der Waals surface area contributed by atoms with E-state index in [0.29, 0.717) is 6.42 Å². The second kappa shape index (κ2) is 5.61. The van der Waals surface area contributed by atoms with Crippen molar-refractivity contribution >= 4 is 9.84 Å². The lowest BCUT2D eigenvalue weighted by atomic mass is 10.0. The van der Waals surface area contributed by atoms with Gasteiger partial charge in [-0.2, -0.15) is 13.2 Å². The summed E-state index contributed by atoms with van der Waals surface area (Å²) in [6.45, 7) is 3.83. The summed E-state index contributed by atoms with van der Waals surface area (Å²) >= 11 is 0. The third kappa shape index (κ3) is 3.86. The summed E-state index contributed by atoms with van der Waals surface area (Å²) in [4.78, 5) is -0.816. The number of hydrogen-bond donors (Lipinski definition) is 1. The van der Waals surface area contributed by atoms with Crippen LogP contribution in [0, 0.1) is 0 Å². The van der Waals surface area contributed by atoms with Crippen LogP contribution in [0.3, 0.4) is 0 Å². The van der Waals surface area contributed by atoms with Crippen molar-refractivity contribution in [2.75, 3.05) is 6.61 Å². The predicted molar refractivity (Wildman–Crippen MR) is 68.1 cm³/mol. The summed E-state index contributed by atoms with van der Waals surface area (Å²) in [6.07, 6.45) is 0.660. The first kappa shape index (κ1) is 16.8. The minimum Gasteiger partial charge on any atom is -0.492 e. The molecule has 0 bridgehead atoms. The molecule has 0 spiro atoms. The van der Waals surface area contributed by atoms with Crippen molar-refractivity contribution in [2.24, 2.45) is 5.73 Å². The highest BCUT2D eigenvalue weighted by molar-refractivity contribution is 7.92. The molecule has 0 aromatic heterocycles. The van der Waals surface area contributed by atoms with E-state index in [1.54, 1.807) is 6.92 Å². The van der Waals surface area contributed by atoms with E-state index >= 15 is 0 Å². The number of sulfone groups is 1. The fourth-order valence-electron chi connectivity index (χ4n) is 1.20. The molecule has 0 radical (unpaired) electrons. The zero-order chi connectivity index (χ0) is 15.6. The molecule has 0 aliphatic heterocycles. The molecule has 0 saturated heterocycles. The van der Waals surface area contributed by atoms with Crippen molar-refractivity contribution in [3.63, 3.8) is 0 Å². The summed E-state index contributed by atoms with van der Waals surface area (Å²) in [5.41, 5.74) is -0.0204. The molecule has 8 heteroatoms. The van der Waals surface area contributed by atoms with Gasteiger partial charge in [-0.05, 0) is 37.6 Å². The van der Waals surface area contributed by atoms with Crippen LogP contribution in [0.1, 0.15) is 20.3 Å². The van der Waals surface area contributed by atoms with Crippen molar-refractivity contribution in [2.45, 2.75) is 36.2 Å². The number of halogens is 3. The first-order valence-electron chi connectivity index (χ1n) is 5.83. The minimum absolute atomic E-state index is 0.175. The third-order valence-corrected chi connectivity index (χ3v) is 4.32. The van der Waals surface area contributed by atoms with Gasteiger partial charge in [0, 0.05) is 5.54 Å². The van der Waals surface area contributed by atoms with Crippen LogP contribution in [0.15, 0.2) is 29.2 Å². The van der Waals surface area contributed by atoms with E-state index < -0.39 is 25.8 Å². The van der Waals surface area contributed by atoms with Crippen molar-refractivity contribution in [1.29, 1.82) is 0 Å². The van der Waals surface area contributed by atoms with Crippen molar-refractivity contribution in [1.82, 2.24) is 0 Å². The molecule has 1 atom stereocenters. The average Bonchev–Trinajstić information content (AvgIpc) is 2.36. The zero-order valence-corrected chi connectivity index (χ0v) is 11.9. The van der Waals surface area contributed by atoms with Crippen molar-refractivity contribution in [3.8, 4) is 5.75 Å². The quantitative estimate of drug-likeness (QED) is 0.907. The third-order valence-electron chi connectivity index (χ3n) is 2.81. The first-order chi connectivity index (χ1) is 8.99. The summed E-state index contributed by atoms with van der Waals surface area (Å²) in [5.74, 6) is 0.260. The van der Waals surface area contributed by atoms with Crippen LogP contribution in [0.5, 0.6) is 5.75 Å². The Bertz CT molecular complexity index is 550. The summed E-state index contributed by atoms with van der Waals surface area (Å²) in [6, 6.07) is 4.06. The Kier molecular flexibility index (Phi) is 4.70. The normalized spacial score (nSPS) is 15.7. The van der Waals surface area contributed by atoms with E-state index in [0.717, 1.165) is 12.1 Å². The van der Waals surface area contributed by atoms with Crippen molar-refractivity contribution < 1.29 is 26.3 Å². The van der Waals surface area contributed by atoms with Gasteiger partial charge in [0.1, 0.15) is 12.4 Å². The van der Waals surface area contributed by atoms with Gasteiger partial charge < -0.3 is 10.5 Å². The lowest BCUT2D eigenvalue weighted by Gasteiger charge is -2.22. The summed E-state index contributed by atoms with van der Waals surface area (Å²) in [5, 5.41) is 0. The van der Waals surface area contributed by atoms with Crippen LogP contribution in [0.4, 0.5) is 13.2 Å². The van der Waals surface area contributed by atoms with Crippen LogP contribution in [-0.2, 0) is 9.84 Å². The molecule has 20 heavy (non-hydrogen) atoms. The molecule has 0 aliphatic carbocycles. The number of rotatable bonds is 5. The Labute approximate surface area is 115 Å². The van der Waals surface area contributed by atoms with Gasteiger partial charge in [-0.25, -0.2) is 8.42 Å². The lowest BCUT2D eigenvalue weighted by molar-refractivity contribution is -0.0436. The Morgan fingerprint density at radius 1 is 1.20 bits per heavy atom. The molecule has 0 fully saturated rings. The zero-order valence-electron chi connectivity index (χ0n) is 11.1. The molecule has 1 aromatic carbocycles. The van der Waals surface area contributed by atoms with Crippen molar-refractivity contribution in [3.05, 3.63) is 24.3 Å². The first-order valence-corrected chi connectivity index (χ1v) is 7.31. The van der Waals surface area contributed by atoms with Gasteiger partial charge in [-0.3, -0.25) is 0 Å². The molecule has 1 unspecified atom stereocenters. The van der Waals surface area contributed by atoms with Crippen LogP contribution in [0.25, 0.3) is 0 Å². The number of alkyl halides is 3. The smallest absolute Gasteiger partial charge is 0.492 e. The molecule has 114 valence electrons. The van der Waals surface area contributed by atoms with Gasteiger partial charge >= 0.3 is 5.51 Å². The molecular formula is C12H16F3NO3S. The van der Waals surface area contributed by atoms with Gasteiger partial charge in [0.15, 0.2) is 0 Å². The second-order valence-corrected chi connectivity index (χ2v) is 6.66. The Hall–Kier alpha value is -1.28. The molecule has 1 aromatic rings. The van der Waals surface area contributed by atoms with Gasteiger partial charge in [0.25, 0.3) is 9.84 Å². The highest BCUT2D eigenvalue weighted by Crippen LogP contribution is 2.31. The second-order valence-electron chi connectivity index (χ2n) is 4.72. The summed E-state index contributed by atoms with van der Waals surface area (Å²) in [7, 11) is -5.32. The molecular weight excluding hydrogens is 295 g/mol. The standard InChI is InChI=1S/C12H16F3NO3S/c1-3-11(2,16)8-19-9-4-6-10(7-5-9)20(17,18)12(13,14)15/h4-7H,3,8,16H2,1-2H3. The van der Waals surface area contributed by atoms with Crippen LogP contribution < -0.4 is 10.5 Å². The Morgan fingerprint density at radius 2 is 1.70 bits per heavy atom. The molecule has 4 nitrogen and oxygen atoms in total. The Balaban J connectivity index is 2.86. The SMILES string of the molecule is CCC(C)(N)COc1ccc(S(=O)(=O)C(F)(F)F)cc1. The fraction of sp³-hybridized carbons (Fsp3) is 0.500. The van der Waals surface area contributed by atoms with Crippen LogP contribution in [-0.4, -0.2) is 26.1 Å². The molecule has 0 amide bonds. The fourth-order valence-corrected chi connectivity index (χ4v) is 1.96. The van der Waals surface area contributed by atoms with Gasteiger partial charge in [0.05, 0.1) is 4.90 Å². The van der Waals surface area contributed by atoms with E-state index in [4.69, 9.17) is 10.5 Å². The van der Waals surface area contributed by atoms with Gasteiger partial charge in [-0.15, -0.1) is 0 Å². The highest BCUT2D eigenvalue weighted by atomic mass is 32.2. The summed E-state index contributed by atoms with van der Waals surface area (Å²) < 4.78 is 64.6. The monoisotopic (exact) mass is 311 g/mol. The number of benzene rings is 1. The molecule has 2 N–H and O–H groups in total. The van der Waals surface area contributed by atoms with Crippen LogP contribution >= 0.6 is 0 Å². The van der Waals surface area contributed by atoms with E-state index in [-0.39, 0.29) is 12.4 Å². The van der Waals surface area contributed by atoms with E-state index in [2.05, 4.69) is 0 Å². The maximum absolute atomic E-state index is 12.3. The van der Waals surface area contributed by atoms with E-state index in [1.807, 2.05) is 6.92 Å². The van der Waals surface area contributed by atoms with Gasteiger partial charge in [0.2, 0.25) is 0 Å². The number of nitrogens with two attached hydrogens (primary N) is 1. The molecule has 0 saturated carbocycles. The van der Waals surface area contributed by atoms with E-state index in [9.17, 15) is 21.6 Å². The highest BCUT2D eigenvalue weighted by Gasteiger charge is 2.46. The minimum atomic E-state index is -5.32. The number of hydrogen-bond acceptors (Lipinski definition) is 4. The molecule has 0 heterocycles. The maximum atomic E-state index is 12.3.